The summed E-state index contributed by atoms with van der Waals surface area (Å²) in [7, 11) is 0. The van der Waals surface area contributed by atoms with Gasteiger partial charge in [0.25, 0.3) is 0 Å². The molecule has 42 heavy (non-hydrogen) atoms. The molecule has 5 aromatic rings. The summed E-state index contributed by atoms with van der Waals surface area (Å²) in [6.45, 7) is 6.40. The van der Waals surface area contributed by atoms with Crippen LogP contribution in [0.1, 0.15) is 48.8 Å². The fraction of sp³-hybridized carbons (Fsp3) is 0.294. The second-order valence-corrected chi connectivity index (χ2v) is 11.6. The molecule has 7 nitrogen and oxygen atoms in total. The SMILES string of the molecule is CCC(=O)NCc1ccc(NC(=O)CN2CCC(c3c[nH]c4ccc(Cl)cc34)CC2)c(-c2c[nH]c3ccccc23)c1C. The first-order valence-corrected chi connectivity index (χ1v) is 15.0. The Hall–Kier alpha value is -4.07. The molecule has 0 bridgehead atoms. The van der Waals surface area contributed by atoms with Gasteiger partial charge in [-0.25, -0.2) is 0 Å². The molecule has 4 N–H and O–H groups in total. The van der Waals surface area contributed by atoms with Crippen LogP contribution in [0.15, 0.2) is 67.0 Å². The number of nitrogens with one attached hydrogen (secondary N) is 4. The zero-order valence-corrected chi connectivity index (χ0v) is 24.8. The average Bonchev–Trinajstić information content (AvgIpc) is 3.61. The third kappa shape index (κ3) is 5.67. The molecule has 2 aromatic heterocycles. The number of carbonyl (C=O) groups is 2. The lowest BCUT2D eigenvalue weighted by molar-refractivity contribution is -0.121. The number of rotatable bonds is 8. The highest BCUT2D eigenvalue weighted by atomic mass is 35.5. The van der Waals surface area contributed by atoms with E-state index in [1.807, 2.05) is 61.7 Å². The minimum atomic E-state index is -0.0279. The quantitative estimate of drug-likeness (QED) is 0.157. The number of likely N-dealkylation sites (tertiary alicyclic amines) is 1. The van der Waals surface area contributed by atoms with Crippen LogP contribution in [-0.2, 0) is 16.1 Å². The van der Waals surface area contributed by atoms with Crippen molar-refractivity contribution in [3.8, 4) is 11.1 Å². The molecule has 1 aliphatic heterocycles. The number of H-pyrrole nitrogens is 2. The van der Waals surface area contributed by atoms with Crippen LogP contribution < -0.4 is 10.6 Å². The molecule has 0 atom stereocenters. The van der Waals surface area contributed by atoms with E-state index in [1.54, 1.807) is 0 Å². The summed E-state index contributed by atoms with van der Waals surface area (Å²) in [4.78, 5) is 34.3. The summed E-state index contributed by atoms with van der Waals surface area (Å²) in [5.74, 6) is 0.422. The Balaban J connectivity index is 1.18. The Bertz CT molecular complexity index is 1760. The first-order chi connectivity index (χ1) is 20.4. The normalized spacial score (nSPS) is 14.5. The molecule has 2 amide bonds. The molecule has 216 valence electrons. The minimum Gasteiger partial charge on any atom is -0.361 e. The summed E-state index contributed by atoms with van der Waals surface area (Å²) >= 11 is 6.27. The lowest BCUT2D eigenvalue weighted by Crippen LogP contribution is -2.38. The van der Waals surface area contributed by atoms with Gasteiger partial charge in [-0.3, -0.25) is 14.5 Å². The average molecular weight is 582 g/mol. The number of hydrogen-bond donors (Lipinski definition) is 4. The van der Waals surface area contributed by atoms with Crippen LogP contribution in [0.3, 0.4) is 0 Å². The van der Waals surface area contributed by atoms with E-state index >= 15 is 0 Å². The lowest BCUT2D eigenvalue weighted by Gasteiger charge is -2.31. The Kier molecular flexibility index (Phi) is 8.05. The highest BCUT2D eigenvalue weighted by Crippen LogP contribution is 2.38. The van der Waals surface area contributed by atoms with E-state index in [0.29, 0.717) is 25.4 Å². The van der Waals surface area contributed by atoms with Gasteiger partial charge in [-0.05, 0) is 85.8 Å². The van der Waals surface area contributed by atoms with Crippen molar-refractivity contribution < 1.29 is 9.59 Å². The van der Waals surface area contributed by atoms with Crippen LogP contribution in [0.4, 0.5) is 5.69 Å². The summed E-state index contributed by atoms with van der Waals surface area (Å²) < 4.78 is 0. The predicted octanol–water partition coefficient (Wildman–Crippen LogP) is 7.12. The number of aromatic nitrogens is 2. The topological polar surface area (TPSA) is 93.0 Å². The van der Waals surface area contributed by atoms with Crippen molar-refractivity contribution in [1.29, 1.82) is 0 Å². The molecule has 0 unspecified atom stereocenters. The van der Waals surface area contributed by atoms with Crippen LogP contribution in [0.2, 0.25) is 5.02 Å². The number of benzene rings is 3. The molecule has 1 fully saturated rings. The Morgan fingerprint density at radius 3 is 2.52 bits per heavy atom. The lowest BCUT2D eigenvalue weighted by atomic mass is 9.89. The molecule has 1 saturated heterocycles. The highest BCUT2D eigenvalue weighted by molar-refractivity contribution is 6.31. The zero-order valence-electron chi connectivity index (χ0n) is 24.0. The van der Waals surface area contributed by atoms with Gasteiger partial charge in [0.05, 0.1) is 6.54 Å². The first-order valence-electron chi connectivity index (χ1n) is 14.7. The molecule has 6 rings (SSSR count). The van der Waals surface area contributed by atoms with Gasteiger partial charge in [0.1, 0.15) is 0 Å². The van der Waals surface area contributed by atoms with E-state index in [4.69, 9.17) is 11.6 Å². The van der Waals surface area contributed by atoms with Crippen molar-refractivity contribution >= 4 is 50.9 Å². The summed E-state index contributed by atoms with van der Waals surface area (Å²) in [5, 5.41) is 9.24. The van der Waals surface area contributed by atoms with E-state index in [0.717, 1.165) is 75.3 Å². The maximum atomic E-state index is 13.4. The molecule has 0 spiro atoms. The number of carbonyl (C=O) groups excluding carboxylic acids is 2. The van der Waals surface area contributed by atoms with Gasteiger partial charge in [-0.15, -0.1) is 0 Å². The number of aromatic amines is 2. The first kappa shape index (κ1) is 28.1. The third-order valence-corrected chi connectivity index (χ3v) is 8.81. The predicted molar refractivity (Wildman–Crippen MR) is 171 cm³/mol. The summed E-state index contributed by atoms with van der Waals surface area (Å²) in [6.07, 6.45) is 6.53. The van der Waals surface area contributed by atoms with Gasteiger partial charge in [0.2, 0.25) is 11.8 Å². The monoisotopic (exact) mass is 581 g/mol. The number of piperidine rings is 1. The molecule has 1 aliphatic rings. The van der Waals surface area contributed by atoms with Crippen LogP contribution in [0.25, 0.3) is 32.9 Å². The number of anilines is 1. The maximum Gasteiger partial charge on any atom is 0.238 e. The third-order valence-electron chi connectivity index (χ3n) is 8.58. The molecule has 0 radical (unpaired) electrons. The molecular formula is C34H36ClN5O2. The highest BCUT2D eigenvalue weighted by Gasteiger charge is 2.25. The van der Waals surface area contributed by atoms with Crippen molar-refractivity contribution in [2.45, 2.75) is 45.6 Å². The minimum absolute atomic E-state index is 0.0117. The van der Waals surface area contributed by atoms with Gasteiger partial charge in [-0.1, -0.05) is 42.8 Å². The fourth-order valence-electron chi connectivity index (χ4n) is 6.24. The molecular weight excluding hydrogens is 546 g/mol. The number of amides is 2. The van der Waals surface area contributed by atoms with E-state index in [2.05, 4.69) is 44.7 Å². The number of hydrogen-bond acceptors (Lipinski definition) is 3. The van der Waals surface area contributed by atoms with E-state index < -0.39 is 0 Å². The molecule has 0 aliphatic carbocycles. The van der Waals surface area contributed by atoms with E-state index in [9.17, 15) is 9.59 Å². The Labute approximate surface area is 250 Å². The maximum absolute atomic E-state index is 13.4. The van der Waals surface area contributed by atoms with Crippen LogP contribution in [0, 0.1) is 6.92 Å². The van der Waals surface area contributed by atoms with E-state index in [1.165, 1.54) is 10.9 Å². The van der Waals surface area contributed by atoms with Gasteiger partial charge in [-0.2, -0.15) is 0 Å². The number of fused-ring (bicyclic) bond motifs is 2. The number of nitrogens with zero attached hydrogens (tertiary/aromatic N) is 1. The van der Waals surface area contributed by atoms with E-state index in [-0.39, 0.29) is 11.8 Å². The smallest absolute Gasteiger partial charge is 0.238 e. The molecule has 0 saturated carbocycles. The zero-order chi connectivity index (χ0) is 29.2. The van der Waals surface area contributed by atoms with Crippen LogP contribution in [0.5, 0.6) is 0 Å². The van der Waals surface area contributed by atoms with Crippen molar-refractivity contribution in [3.63, 3.8) is 0 Å². The van der Waals surface area contributed by atoms with Crippen molar-refractivity contribution in [2.75, 3.05) is 25.0 Å². The van der Waals surface area contributed by atoms with Crippen molar-refractivity contribution in [2.24, 2.45) is 0 Å². The second-order valence-electron chi connectivity index (χ2n) is 11.2. The van der Waals surface area contributed by atoms with Crippen LogP contribution in [-0.4, -0.2) is 46.3 Å². The van der Waals surface area contributed by atoms with Crippen molar-refractivity contribution in [1.82, 2.24) is 20.2 Å². The second kappa shape index (κ2) is 12.0. The summed E-state index contributed by atoms with van der Waals surface area (Å²) in [5.41, 5.74) is 8.29. The van der Waals surface area contributed by atoms with Gasteiger partial charge in [0.15, 0.2) is 0 Å². The number of para-hydroxylation sites is 1. The Morgan fingerprint density at radius 1 is 0.952 bits per heavy atom. The van der Waals surface area contributed by atoms with Crippen molar-refractivity contribution in [3.05, 3.63) is 88.7 Å². The molecule has 3 heterocycles. The van der Waals surface area contributed by atoms with Gasteiger partial charge < -0.3 is 20.6 Å². The molecule has 3 aromatic carbocycles. The largest absolute Gasteiger partial charge is 0.361 e. The number of halogens is 1. The van der Waals surface area contributed by atoms with Gasteiger partial charge >= 0.3 is 0 Å². The fourth-order valence-corrected chi connectivity index (χ4v) is 6.41. The summed E-state index contributed by atoms with van der Waals surface area (Å²) in [6, 6.07) is 18.1. The molecule has 8 heteroatoms. The standard InChI is InChI=1S/C34H36ClN5O2/c1-3-32(41)38-17-23-8-10-31(34(21(23)2)28-19-37-29-7-5-4-6-25(28)29)39-33(42)20-40-14-12-22(13-15-40)27-18-36-30-11-9-24(35)16-26(27)30/h4-11,16,18-19,22,36-37H,3,12-15,17,20H2,1-2H3,(H,38,41)(H,39,42). The van der Waals surface area contributed by atoms with Gasteiger partial charge in [0, 0.05) is 69.0 Å². The Morgan fingerprint density at radius 2 is 1.71 bits per heavy atom. The van der Waals surface area contributed by atoms with Crippen LogP contribution >= 0.6 is 11.6 Å².